The molecule has 7 nitrogen and oxygen atoms in total. The topological polar surface area (TPSA) is 81.9 Å². The van der Waals surface area contributed by atoms with E-state index in [0.717, 1.165) is 22.0 Å². The van der Waals surface area contributed by atoms with Gasteiger partial charge >= 0.3 is 6.03 Å². The molecule has 3 aliphatic rings. The van der Waals surface area contributed by atoms with Crippen LogP contribution in [0.5, 0.6) is 0 Å². The lowest BCUT2D eigenvalue weighted by atomic mass is 9.85. The summed E-state index contributed by atoms with van der Waals surface area (Å²) in [5.74, 6) is 0.411. The number of carbonyl (C=O) groups is 2. The first-order chi connectivity index (χ1) is 13.4. The molecule has 0 atom stereocenters. The molecule has 28 heavy (non-hydrogen) atoms. The zero-order chi connectivity index (χ0) is 20.0. The number of anilines is 2. The lowest BCUT2D eigenvalue weighted by Crippen LogP contribution is -2.48. The van der Waals surface area contributed by atoms with Crippen LogP contribution in [-0.4, -0.2) is 47.9 Å². The first kappa shape index (κ1) is 18.9. The van der Waals surface area contributed by atoms with Crippen molar-refractivity contribution < 1.29 is 9.59 Å². The second-order valence-corrected chi connectivity index (χ2v) is 8.71. The summed E-state index contributed by atoms with van der Waals surface area (Å²) in [5.41, 5.74) is 9.19. The molecule has 3 heterocycles. The number of rotatable bonds is 5. The first-order valence-corrected chi connectivity index (χ1v) is 10.7. The smallest absolute Gasteiger partial charge is 0.329 e. The fraction of sp³-hybridized carbons (Fsp3) is 0.500. The second-order valence-electron chi connectivity index (χ2n) is 7.62. The van der Waals surface area contributed by atoms with Gasteiger partial charge in [-0.3, -0.25) is 14.6 Å². The molecule has 2 aliphatic heterocycles. The Kier molecular flexibility index (Phi) is 4.82. The van der Waals surface area contributed by atoms with Gasteiger partial charge < -0.3 is 16.0 Å². The highest BCUT2D eigenvalue weighted by atomic mass is 32.1. The maximum absolute atomic E-state index is 13.1. The summed E-state index contributed by atoms with van der Waals surface area (Å²) in [7, 11) is 0. The summed E-state index contributed by atoms with van der Waals surface area (Å²) < 4.78 is 0. The molecule has 1 aromatic rings. The van der Waals surface area contributed by atoms with Crippen LogP contribution in [0.25, 0.3) is 5.70 Å². The van der Waals surface area contributed by atoms with Gasteiger partial charge in [-0.25, -0.2) is 4.79 Å². The van der Waals surface area contributed by atoms with Gasteiger partial charge in [0.2, 0.25) is 0 Å². The standard InChI is InChI=1S/C20H27N5O2S/c1-4-24-12(2)16-17(21)15(11-23-9-8-22-18(26)13(23)3)28-19(16)25(20(24)27)10-14-6-5-7-14/h14H,2-11,21H2,1H3,(H,22,26). The lowest BCUT2D eigenvalue weighted by molar-refractivity contribution is -0.120. The molecule has 2 fully saturated rings. The van der Waals surface area contributed by atoms with Gasteiger partial charge in [0.05, 0.1) is 29.2 Å². The predicted molar refractivity (Wildman–Crippen MR) is 113 cm³/mol. The molecule has 150 valence electrons. The molecule has 3 amide bonds. The van der Waals surface area contributed by atoms with Crippen LogP contribution in [0.2, 0.25) is 0 Å². The quantitative estimate of drug-likeness (QED) is 0.744. The van der Waals surface area contributed by atoms with Gasteiger partial charge in [-0.15, -0.1) is 11.3 Å². The number of piperazine rings is 1. The van der Waals surface area contributed by atoms with Crippen LogP contribution < -0.4 is 16.0 Å². The molecule has 1 aromatic heterocycles. The van der Waals surface area contributed by atoms with E-state index in [-0.39, 0.29) is 11.9 Å². The molecule has 8 heteroatoms. The fourth-order valence-electron chi connectivity index (χ4n) is 4.00. The van der Waals surface area contributed by atoms with Crippen LogP contribution in [0, 0.1) is 5.92 Å². The van der Waals surface area contributed by atoms with Crippen molar-refractivity contribution in [2.45, 2.75) is 32.7 Å². The molecule has 0 aromatic carbocycles. The number of hydrogen-bond donors (Lipinski definition) is 2. The lowest BCUT2D eigenvalue weighted by Gasteiger charge is -2.39. The predicted octanol–water partition coefficient (Wildman–Crippen LogP) is 2.81. The normalized spacial score (nSPS) is 20.4. The van der Waals surface area contributed by atoms with Crippen molar-refractivity contribution in [1.29, 1.82) is 0 Å². The number of hydrogen-bond acceptors (Lipinski definition) is 5. The second kappa shape index (κ2) is 7.16. The largest absolute Gasteiger partial charge is 0.397 e. The number of nitrogens with zero attached hydrogens (tertiary/aromatic N) is 3. The van der Waals surface area contributed by atoms with Crippen LogP contribution >= 0.6 is 11.3 Å². The zero-order valence-corrected chi connectivity index (χ0v) is 17.1. The Hall–Kier alpha value is -2.48. The van der Waals surface area contributed by atoms with Gasteiger partial charge in [-0.05, 0) is 25.7 Å². The number of thiophene rings is 1. The molecule has 1 saturated carbocycles. The molecule has 0 bridgehead atoms. The number of carbonyl (C=O) groups excluding carboxylic acids is 2. The minimum absolute atomic E-state index is 0.0125. The molecule has 3 N–H and O–H groups in total. The van der Waals surface area contributed by atoms with Crippen LogP contribution in [0.3, 0.4) is 0 Å². The van der Waals surface area contributed by atoms with E-state index in [2.05, 4.69) is 18.5 Å². The summed E-state index contributed by atoms with van der Waals surface area (Å²) >= 11 is 1.54. The third-order valence-corrected chi connectivity index (χ3v) is 7.17. The van der Waals surface area contributed by atoms with Crippen molar-refractivity contribution in [3.63, 3.8) is 0 Å². The number of urea groups is 1. The summed E-state index contributed by atoms with van der Waals surface area (Å²) in [5, 5.41) is 3.69. The molecule has 0 radical (unpaired) electrons. The number of nitrogens with two attached hydrogens (primary N) is 1. The summed E-state index contributed by atoms with van der Waals surface area (Å²) in [6, 6.07) is -0.0125. The summed E-state index contributed by atoms with van der Waals surface area (Å²) in [6.07, 6.45) is 3.58. The third kappa shape index (κ3) is 2.96. The number of nitrogens with one attached hydrogen (secondary N) is 1. The van der Waals surface area contributed by atoms with E-state index in [1.165, 1.54) is 19.3 Å². The van der Waals surface area contributed by atoms with E-state index in [4.69, 9.17) is 5.73 Å². The Labute approximate surface area is 169 Å². The van der Waals surface area contributed by atoms with Gasteiger partial charge in [-0.2, -0.15) is 0 Å². The Morgan fingerprint density at radius 2 is 1.96 bits per heavy atom. The van der Waals surface area contributed by atoms with E-state index in [1.54, 1.807) is 16.2 Å². The highest BCUT2D eigenvalue weighted by molar-refractivity contribution is 7.17. The van der Waals surface area contributed by atoms with Gasteiger partial charge in [0, 0.05) is 31.1 Å². The number of amides is 3. The SMILES string of the molecule is C=C1C(=O)NCCN1Cc1sc2c(c1N)C(=C)N(CC)C(=O)N2CC1CCC1. The van der Waals surface area contributed by atoms with Gasteiger partial charge in [-0.1, -0.05) is 19.6 Å². The molecule has 0 spiro atoms. The minimum atomic E-state index is -0.144. The van der Waals surface area contributed by atoms with E-state index in [9.17, 15) is 9.59 Å². The van der Waals surface area contributed by atoms with Crippen LogP contribution in [-0.2, 0) is 11.3 Å². The van der Waals surface area contributed by atoms with Crippen molar-refractivity contribution >= 4 is 39.7 Å². The van der Waals surface area contributed by atoms with Crippen molar-refractivity contribution in [2.75, 3.05) is 36.8 Å². The van der Waals surface area contributed by atoms with Crippen LogP contribution in [0.15, 0.2) is 18.9 Å². The minimum Gasteiger partial charge on any atom is -0.397 e. The van der Waals surface area contributed by atoms with Crippen molar-refractivity contribution in [2.24, 2.45) is 5.92 Å². The third-order valence-electron chi connectivity index (χ3n) is 5.95. The Balaban J connectivity index is 1.68. The van der Waals surface area contributed by atoms with E-state index < -0.39 is 0 Å². The van der Waals surface area contributed by atoms with Crippen molar-refractivity contribution in [3.8, 4) is 0 Å². The maximum atomic E-state index is 13.1. The van der Waals surface area contributed by atoms with E-state index >= 15 is 0 Å². The van der Waals surface area contributed by atoms with Crippen molar-refractivity contribution in [1.82, 2.24) is 15.1 Å². The zero-order valence-electron chi connectivity index (χ0n) is 16.3. The molecule has 1 saturated heterocycles. The van der Waals surface area contributed by atoms with Gasteiger partial charge in [0.1, 0.15) is 5.00 Å². The Morgan fingerprint density at radius 3 is 2.61 bits per heavy atom. The molecule has 4 rings (SSSR count). The van der Waals surface area contributed by atoms with E-state index in [1.807, 2.05) is 16.7 Å². The average Bonchev–Trinajstić information content (AvgIpc) is 2.94. The Bertz CT molecular complexity index is 857. The van der Waals surface area contributed by atoms with Crippen LogP contribution in [0.4, 0.5) is 15.5 Å². The summed E-state index contributed by atoms with van der Waals surface area (Å²) in [6.45, 7) is 13.1. The highest BCUT2D eigenvalue weighted by Crippen LogP contribution is 2.48. The first-order valence-electron chi connectivity index (χ1n) is 9.83. The summed E-state index contributed by atoms with van der Waals surface area (Å²) in [4.78, 5) is 31.5. The fourth-order valence-corrected chi connectivity index (χ4v) is 5.26. The van der Waals surface area contributed by atoms with Crippen molar-refractivity contribution in [3.05, 3.63) is 29.3 Å². The number of nitrogen functional groups attached to an aromatic ring is 1. The average molecular weight is 402 g/mol. The Morgan fingerprint density at radius 1 is 1.21 bits per heavy atom. The molecule has 1 aliphatic carbocycles. The number of fused-ring (bicyclic) bond motifs is 1. The van der Waals surface area contributed by atoms with E-state index in [0.29, 0.717) is 49.2 Å². The van der Waals surface area contributed by atoms with Gasteiger partial charge in [0.15, 0.2) is 0 Å². The van der Waals surface area contributed by atoms with Gasteiger partial charge in [0.25, 0.3) is 5.91 Å². The van der Waals surface area contributed by atoms with Crippen LogP contribution in [0.1, 0.15) is 36.6 Å². The molecular formula is C20H27N5O2S. The maximum Gasteiger partial charge on any atom is 0.329 e. The molecule has 0 unspecified atom stereocenters. The molecular weight excluding hydrogens is 374 g/mol. The highest BCUT2D eigenvalue weighted by Gasteiger charge is 2.38. The monoisotopic (exact) mass is 401 g/mol.